The molecule has 0 aliphatic heterocycles. The summed E-state index contributed by atoms with van der Waals surface area (Å²) in [6.45, 7) is 10.6. The maximum absolute atomic E-state index is 3.45. The fourth-order valence-electron chi connectivity index (χ4n) is 2.30. The van der Waals surface area contributed by atoms with Gasteiger partial charge in [0.1, 0.15) is 0 Å². The number of aromatic nitrogens is 1. The van der Waals surface area contributed by atoms with E-state index in [4.69, 9.17) is 0 Å². The average Bonchev–Trinajstić information content (AvgIpc) is 2.79. The zero-order valence-electron chi connectivity index (χ0n) is 12.4. The van der Waals surface area contributed by atoms with Crippen LogP contribution in [0.5, 0.6) is 0 Å². The van der Waals surface area contributed by atoms with Crippen molar-refractivity contribution < 1.29 is 0 Å². The minimum absolute atomic E-state index is 0.530. The molecule has 0 radical (unpaired) electrons. The van der Waals surface area contributed by atoms with Crippen LogP contribution in [-0.4, -0.2) is 10.6 Å². The van der Waals surface area contributed by atoms with Gasteiger partial charge < -0.3 is 9.88 Å². The average molecular weight is 256 g/mol. The lowest BCUT2D eigenvalue weighted by atomic mass is 10.0. The highest BCUT2D eigenvalue weighted by atomic mass is 14.9. The normalized spacial score (nSPS) is 11.2. The Labute approximate surface area is 116 Å². The third-order valence-electron chi connectivity index (χ3n) is 3.51. The molecule has 0 unspecified atom stereocenters. The van der Waals surface area contributed by atoms with E-state index < -0.39 is 0 Å². The highest BCUT2D eigenvalue weighted by Crippen LogP contribution is 2.15. The van der Waals surface area contributed by atoms with Gasteiger partial charge in [-0.25, -0.2) is 0 Å². The van der Waals surface area contributed by atoms with Gasteiger partial charge in [-0.15, -0.1) is 0 Å². The second-order valence-electron chi connectivity index (χ2n) is 5.60. The van der Waals surface area contributed by atoms with E-state index >= 15 is 0 Å². The van der Waals surface area contributed by atoms with E-state index in [2.05, 4.69) is 74.2 Å². The molecular weight excluding hydrogens is 232 g/mol. The van der Waals surface area contributed by atoms with Gasteiger partial charge in [0.05, 0.1) is 0 Å². The van der Waals surface area contributed by atoms with Crippen LogP contribution in [0.15, 0.2) is 36.7 Å². The number of aryl methyl sites for hydroxylation is 2. The molecule has 1 aromatic carbocycles. The Kier molecular flexibility index (Phi) is 4.43. The van der Waals surface area contributed by atoms with Gasteiger partial charge in [-0.3, -0.25) is 0 Å². The summed E-state index contributed by atoms with van der Waals surface area (Å²) in [5, 5.41) is 3.45. The van der Waals surface area contributed by atoms with Crippen molar-refractivity contribution in [1.82, 2.24) is 9.88 Å². The minimum Gasteiger partial charge on any atom is -0.350 e. The molecule has 0 saturated heterocycles. The molecule has 0 aliphatic carbocycles. The Balaban J connectivity index is 2.07. The van der Waals surface area contributed by atoms with Crippen molar-refractivity contribution in [1.29, 1.82) is 0 Å². The maximum Gasteiger partial charge on any atom is 0.0475 e. The molecule has 2 aromatic rings. The van der Waals surface area contributed by atoms with E-state index in [-0.39, 0.29) is 0 Å². The van der Waals surface area contributed by atoms with Crippen molar-refractivity contribution in [3.8, 4) is 0 Å². The molecule has 1 heterocycles. The standard InChI is InChI=1S/C17H24N2/c1-13(2)18-10-16-8-9-19(11-16)12-17-14(3)6-5-7-15(17)4/h5-9,11,13,18H,10,12H2,1-4H3. The number of nitrogens with one attached hydrogen (secondary N) is 1. The second kappa shape index (κ2) is 6.07. The van der Waals surface area contributed by atoms with Crippen molar-refractivity contribution in [3.05, 3.63) is 58.9 Å². The van der Waals surface area contributed by atoms with Gasteiger partial charge in [0.2, 0.25) is 0 Å². The Hall–Kier alpha value is -1.54. The van der Waals surface area contributed by atoms with Gasteiger partial charge in [-0.1, -0.05) is 32.0 Å². The summed E-state index contributed by atoms with van der Waals surface area (Å²) in [4.78, 5) is 0. The number of rotatable bonds is 5. The van der Waals surface area contributed by atoms with Crippen molar-refractivity contribution in [2.75, 3.05) is 0 Å². The first-order valence-electron chi connectivity index (χ1n) is 6.99. The Morgan fingerprint density at radius 2 is 1.79 bits per heavy atom. The Bertz CT molecular complexity index is 518. The van der Waals surface area contributed by atoms with Crippen molar-refractivity contribution in [3.63, 3.8) is 0 Å². The van der Waals surface area contributed by atoms with E-state index in [1.54, 1.807) is 0 Å². The molecule has 0 spiro atoms. The van der Waals surface area contributed by atoms with Crippen LogP contribution in [0.4, 0.5) is 0 Å². The summed E-state index contributed by atoms with van der Waals surface area (Å²) in [6, 6.07) is 9.23. The molecule has 0 amide bonds. The fourth-order valence-corrected chi connectivity index (χ4v) is 2.30. The molecule has 1 N–H and O–H groups in total. The number of nitrogens with zero attached hydrogens (tertiary/aromatic N) is 1. The summed E-state index contributed by atoms with van der Waals surface area (Å²) in [7, 11) is 0. The summed E-state index contributed by atoms with van der Waals surface area (Å²) >= 11 is 0. The summed E-state index contributed by atoms with van der Waals surface area (Å²) in [5.74, 6) is 0. The molecule has 1 aromatic heterocycles. The smallest absolute Gasteiger partial charge is 0.0475 e. The monoisotopic (exact) mass is 256 g/mol. The third kappa shape index (κ3) is 3.71. The predicted octanol–water partition coefficient (Wildman–Crippen LogP) is 3.65. The van der Waals surface area contributed by atoms with E-state index in [0.717, 1.165) is 13.1 Å². The minimum atomic E-state index is 0.530. The lowest BCUT2D eigenvalue weighted by Crippen LogP contribution is -2.21. The first-order chi connectivity index (χ1) is 9.06. The van der Waals surface area contributed by atoms with Crippen LogP contribution < -0.4 is 5.32 Å². The topological polar surface area (TPSA) is 17.0 Å². The van der Waals surface area contributed by atoms with Crippen molar-refractivity contribution in [2.45, 2.75) is 46.8 Å². The Morgan fingerprint density at radius 1 is 1.11 bits per heavy atom. The number of benzene rings is 1. The third-order valence-corrected chi connectivity index (χ3v) is 3.51. The zero-order chi connectivity index (χ0) is 13.8. The van der Waals surface area contributed by atoms with Crippen LogP contribution in [0, 0.1) is 13.8 Å². The van der Waals surface area contributed by atoms with Crippen LogP contribution in [0.2, 0.25) is 0 Å². The first kappa shape index (κ1) is 13.9. The quantitative estimate of drug-likeness (QED) is 0.864. The molecule has 2 nitrogen and oxygen atoms in total. The predicted molar refractivity (Wildman–Crippen MR) is 81.4 cm³/mol. The summed E-state index contributed by atoms with van der Waals surface area (Å²) in [5.41, 5.74) is 5.52. The fraction of sp³-hybridized carbons (Fsp3) is 0.412. The summed E-state index contributed by atoms with van der Waals surface area (Å²) < 4.78 is 2.27. The molecular formula is C17H24N2. The molecule has 0 atom stereocenters. The van der Waals surface area contributed by atoms with Crippen molar-refractivity contribution in [2.24, 2.45) is 0 Å². The van der Waals surface area contributed by atoms with Crippen molar-refractivity contribution >= 4 is 0 Å². The van der Waals surface area contributed by atoms with E-state index in [1.807, 2.05) is 0 Å². The van der Waals surface area contributed by atoms with Crippen LogP contribution in [0.25, 0.3) is 0 Å². The van der Waals surface area contributed by atoms with E-state index in [9.17, 15) is 0 Å². The van der Waals surface area contributed by atoms with E-state index in [1.165, 1.54) is 22.3 Å². The lowest BCUT2D eigenvalue weighted by molar-refractivity contribution is 0.588. The first-order valence-corrected chi connectivity index (χ1v) is 6.99. The number of hydrogen-bond donors (Lipinski definition) is 1. The van der Waals surface area contributed by atoms with Crippen LogP contribution >= 0.6 is 0 Å². The Morgan fingerprint density at radius 3 is 2.42 bits per heavy atom. The SMILES string of the molecule is Cc1cccc(C)c1Cn1ccc(CNC(C)C)c1. The highest BCUT2D eigenvalue weighted by molar-refractivity contribution is 5.33. The van der Waals surface area contributed by atoms with Gasteiger partial charge in [-0.2, -0.15) is 0 Å². The van der Waals surface area contributed by atoms with Gasteiger partial charge in [0, 0.05) is 31.5 Å². The second-order valence-corrected chi connectivity index (χ2v) is 5.60. The molecule has 19 heavy (non-hydrogen) atoms. The van der Waals surface area contributed by atoms with Crippen LogP contribution in [0.3, 0.4) is 0 Å². The van der Waals surface area contributed by atoms with Gasteiger partial charge in [0.25, 0.3) is 0 Å². The maximum atomic E-state index is 3.45. The lowest BCUT2D eigenvalue weighted by Gasteiger charge is -2.10. The molecule has 0 fully saturated rings. The molecule has 2 rings (SSSR count). The molecule has 0 aliphatic rings. The van der Waals surface area contributed by atoms with Gasteiger partial charge >= 0.3 is 0 Å². The molecule has 0 bridgehead atoms. The molecule has 2 heteroatoms. The summed E-state index contributed by atoms with van der Waals surface area (Å²) in [6.07, 6.45) is 4.41. The molecule has 0 saturated carbocycles. The largest absolute Gasteiger partial charge is 0.350 e. The molecule has 102 valence electrons. The van der Waals surface area contributed by atoms with Crippen LogP contribution in [0.1, 0.15) is 36.1 Å². The zero-order valence-corrected chi connectivity index (χ0v) is 12.4. The van der Waals surface area contributed by atoms with Gasteiger partial charge in [-0.05, 0) is 42.2 Å². The van der Waals surface area contributed by atoms with Crippen LogP contribution in [-0.2, 0) is 13.1 Å². The van der Waals surface area contributed by atoms with Gasteiger partial charge in [0.15, 0.2) is 0 Å². The highest BCUT2D eigenvalue weighted by Gasteiger charge is 2.04. The van der Waals surface area contributed by atoms with E-state index in [0.29, 0.717) is 6.04 Å². The number of hydrogen-bond acceptors (Lipinski definition) is 1.